The van der Waals surface area contributed by atoms with Crippen LogP contribution in [0.1, 0.15) is 11.1 Å². The Kier molecular flexibility index (Phi) is 9.47. The van der Waals surface area contributed by atoms with Gasteiger partial charge >= 0.3 is 0 Å². The Morgan fingerprint density at radius 1 is 1.00 bits per heavy atom. The second-order valence-corrected chi connectivity index (χ2v) is 3.81. The number of hydrogen-bond donors (Lipinski definition) is 1. The van der Waals surface area contributed by atoms with E-state index >= 15 is 0 Å². The molecule has 0 aliphatic rings. The molecule has 1 N–H and O–H groups in total. The predicted molar refractivity (Wildman–Crippen MR) is 88.4 cm³/mol. The smallest absolute Gasteiger partial charge is 0.118 e. The van der Waals surface area contributed by atoms with E-state index in [2.05, 4.69) is 28.5 Å². The van der Waals surface area contributed by atoms with Crippen molar-refractivity contribution in [2.45, 2.75) is 13.1 Å². The Morgan fingerprint density at radius 3 is 2.26 bits per heavy atom. The van der Waals surface area contributed by atoms with Crippen LogP contribution < -0.4 is 10.1 Å². The van der Waals surface area contributed by atoms with Crippen LogP contribution in [0.3, 0.4) is 0 Å². The molecule has 0 unspecified atom stereocenters. The van der Waals surface area contributed by atoms with Gasteiger partial charge in [-0.05, 0) is 29.3 Å². The number of halogens is 2. The Labute approximate surface area is 134 Å². The first kappa shape index (κ1) is 18.1. The van der Waals surface area contributed by atoms with Gasteiger partial charge in [-0.15, -0.1) is 34.0 Å². The monoisotopic (exact) mass is 388 g/mol. The third kappa shape index (κ3) is 6.18. The van der Waals surface area contributed by atoms with E-state index in [9.17, 15) is 0 Å². The van der Waals surface area contributed by atoms with E-state index in [1.807, 2.05) is 24.4 Å². The van der Waals surface area contributed by atoms with Gasteiger partial charge in [-0.2, -0.15) is 0 Å². The van der Waals surface area contributed by atoms with E-state index in [0.717, 1.165) is 18.8 Å². The highest BCUT2D eigenvalue weighted by atomic mass is 79.9. The molecule has 0 bridgehead atoms. The predicted octanol–water partition coefficient (Wildman–Crippen LogP) is 3.54. The first-order valence-corrected chi connectivity index (χ1v) is 5.61. The van der Waals surface area contributed by atoms with Crippen molar-refractivity contribution >= 4 is 34.0 Å². The van der Waals surface area contributed by atoms with Gasteiger partial charge in [-0.25, -0.2) is 0 Å². The van der Waals surface area contributed by atoms with Crippen molar-refractivity contribution in [3.63, 3.8) is 0 Å². The summed E-state index contributed by atoms with van der Waals surface area (Å²) in [5, 5.41) is 3.37. The van der Waals surface area contributed by atoms with Crippen LogP contribution in [0.15, 0.2) is 48.8 Å². The number of ether oxygens (including phenoxy) is 1. The molecule has 3 nitrogen and oxygen atoms in total. The molecule has 0 aliphatic carbocycles. The maximum absolute atomic E-state index is 5.11. The van der Waals surface area contributed by atoms with Crippen molar-refractivity contribution in [1.82, 2.24) is 10.3 Å². The Morgan fingerprint density at radius 2 is 1.68 bits per heavy atom. The minimum absolute atomic E-state index is 0. The van der Waals surface area contributed by atoms with Crippen molar-refractivity contribution in [3.8, 4) is 5.75 Å². The molecule has 2 aromatic rings. The van der Waals surface area contributed by atoms with Gasteiger partial charge in [0, 0.05) is 25.5 Å². The molecule has 19 heavy (non-hydrogen) atoms. The molecular formula is C14H18Br2N2O. The molecule has 1 aromatic carbocycles. The Hall–Kier alpha value is -0.910. The average molecular weight is 390 g/mol. The van der Waals surface area contributed by atoms with Crippen LogP contribution in [0, 0.1) is 0 Å². The zero-order valence-corrected chi connectivity index (χ0v) is 14.1. The lowest BCUT2D eigenvalue weighted by Crippen LogP contribution is -2.12. The number of methoxy groups -OCH3 is 1. The maximum Gasteiger partial charge on any atom is 0.118 e. The molecular weight excluding hydrogens is 372 g/mol. The summed E-state index contributed by atoms with van der Waals surface area (Å²) in [7, 11) is 1.68. The van der Waals surface area contributed by atoms with Gasteiger partial charge in [0.15, 0.2) is 0 Å². The van der Waals surface area contributed by atoms with Crippen LogP contribution in [-0.4, -0.2) is 12.1 Å². The molecule has 1 heterocycles. The molecule has 0 spiro atoms. The number of rotatable bonds is 5. The highest BCUT2D eigenvalue weighted by Crippen LogP contribution is 2.11. The van der Waals surface area contributed by atoms with Gasteiger partial charge in [-0.3, -0.25) is 4.98 Å². The summed E-state index contributed by atoms with van der Waals surface area (Å²) in [6, 6.07) is 12.1. The van der Waals surface area contributed by atoms with E-state index in [1.165, 1.54) is 11.1 Å². The van der Waals surface area contributed by atoms with E-state index in [1.54, 1.807) is 13.3 Å². The number of nitrogens with one attached hydrogen (secondary N) is 1. The molecule has 0 saturated carbocycles. The van der Waals surface area contributed by atoms with Crippen LogP contribution in [0.25, 0.3) is 0 Å². The van der Waals surface area contributed by atoms with Gasteiger partial charge in [0.1, 0.15) is 5.75 Å². The van der Waals surface area contributed by atoms with Crippen molar-refractivity contribution in [2.24, 2.45) is 0 Å². The first-order valence-electron chi connectivity index (χ1n) is 5.61. The first-order chi connectivity index (χ1) is 8.38. The highest BCUT2D eigenvalue weighted by Gasteiger charge is 1.95. The third-order valence-electron chi connectivity index (χ3n) is 2.54. The second kappa shape index (κ2) is 9.95. The van der Waals surface area contributed by atoms with Crippen LogP contribution in [0.4, 0.5) is 0 Å². The van der Waals surface area contributed by atoms with Crippen molar-refractivity contribution < 1.29 is 4.74 Å². The summed E-state index contributed by atoms with van der Waals surface area (Å²) in [6.07, 6.45) is 3.66. The summed E-state index contributed by atoms with van der Waals surface area (Å²) in [6.45, 7) is 1.68. The zero-order chi connectivity index (χ0) is 11.9. The standard InChI is InChI=1S/C14H16N2O.2BrH/c1-17-14-6-4-12(5-7-14)9-16-11-13-3-2-8-15-10-13;;/h2-8,10,16H,9,11H2,1H3;2*1H. The number of benzene rings is 1. The largest absolute Gasteiger partial charge is 0.497 e. The molecule has 5 heteroatoms. The molecule has 0 saturated heterocycles. The minimum Gasteiger partial charge on any atom is -0.497 e. The van der Waals surface area contributed by atoms with E-state index in [4.69, 9.17) is 4.74 Å². The minimum atomic E-state index is 0. The molecule has 0 radical (unpaired) electrons. The second-order valence-electron chi connectivity index (χ2n) is 3.81. The van der Waals surface area contributed by atoms with Crippen molar-refractivity contribution in [1.29, 1.82) is 0 Å². The van der Waals surface area contributed by atoms with E-state index in [-0.39, 0.29) is 34.0 Å². The number of pyridine rings is 1. The molecule has 0 aliphatic heterocycles. The fraction of sp³-hybridized carbons (Fsp3) is 0.214. The number of hydrogen-bond acceptors (Lipinski definition) is 3. The van der Waals surface area contributed by atoms with Gasteiger partial charge in [-0.1, -0.05) is 18.2 Å². The van der Waals surface area contributed by atoms with Crippen LogP contribution in [-0.2, 0) is 13.1 Å². The molecule has 0 fully saturated rings. The zero-order valence-electron chi connectivity index (χ0n) is 10.7. The number of nitrogens with zero attached hydrogens (tertiary/aromatic N) is 1. The van der Waals surface area contributed by atoms with E-state index < -0.39 is 0 Å². The molecule has 0 atom stereocenters. The topological polar surface area (TPSA) is 34.1 Å². The summed E-state index contributed by atoms with van der Waals surface area (Å²) >= 11 is 0. The summed E-state index contributed by atoms with van der Waals surface area (Å²) in [4.78, 5) is 4.08. The van der Waals surface area contributed by atoms with Gasteiger partial charge < -0.3 is 10.1 Å². The average Bonchev–Trinajstić information content (AvgIpc) is 2.41. The third-order valence-corrected chi connectivity index (χ3v) is 2.54. The maximum atomic E-state index is 5.11. The van der Waals surface area contributed by atoms with Crippen LogP contribution >= 0.6 is 34.0 Å². The highest BCUT2D eigenvalue weighted by molar-refractivity contribution is 8.93. The quantitative estimate of drug-likeness (QED) is 0.849. The lowest BCUT2D eigenvalue weighted by atomic mass is 10.2. The normalized spacial score (nSPS) is 9.11. The molecule has 1 aromatic heterocycles. The van der Waals surface area contributed by atoms with E-state index in [0.29, 0.717) is 0 Å². The summed E-state index contributed by atoms with van der Waals surface area (Å²) in [5.41, 5.74) is 2.44. The van der Waals surface area contributed by atoms with Gasteiger partial charge in [0.2, 0.25) is 0 Å². The summed E-state index contributed by atoms with van der Waals surface area (Å²) in [5.74, 6) is 0.890. The molecule has 2 rings (SSSR count). The molecule has 0 amide bonds. The van der Waals surface area contributed by atoms with Gasteiger partial charge in [0.25, 0.3) is 0 Å². The Balaban J connectivity index is 0.00000162. The lowest BCUT2D eigenvalue weighted by Gasteiger charge is -2.05. The SMILES string of the molecule is Br.Br.COc1ccc(CNCc2cccnc2)cc1. The van der Waals surface area contributed by atoms with Crippen LogP contribution in [0.5, 0.6) is 5.75 Å². The molecule has 104 valence electrons. The van der Waals surface area contributed by atoms with Crippen molar-refractivity contribution in [2.75, 3.05) is 7.11 Å². The fourth-order valence-electron chi connectivity index (χ4n) is 1.60. The van der Waals surface area contributed by atoms with Gasteiger partial charge in [0.05, 0.1) is 7.11 Å². The van der Waals surface area contributed by atoms with Crippen LogP contribution in [0.2, 0.25) is 0 Å². The Bertz CT molecular complexity index is 449. The van der Waals surface area contributed by atoms with Crippen molar-refractivity contribution in [3.05, 3.63) is 59.9 Å². The number of aromatic nitrogens is 1. The fourth-order valence-corrected chi connectivity index (χ4v) is 1.60. The summed E-state index contributed by atoms with van der Waals surface area (Å²) < 4.78 is 5.11. The lowest BCUT2D eigenvalue weighted by molar-refractivity contribution is 0.414.